The summed E-state index contributed by atoms with van der Waals surface area (Å²) in [5.74, 6) is 4.45. The van der Waals surface area contributed by atoms with Crippen molar-refractivity contribution in [1.29, 1.82) is 0 Å². The van der Waals surface area contributed by atoms with Crippen LogP contribution >= 0.6 is 0 Å². The minimum Gasteiger partial charge on any atom is -0.392 e. The largest absolute Gasteiger partial charge is 0.392 e. The standard InChI is InChI=1S/C23H36O4.C21H30O3/c1-21-11-7-18-17-8-13-23(26-2,27-3)15-16(17)5-6-19(18)20(21)9-12-22(21,25)10-4-14-24;1-20-10-7-17-16-6-4-15(23)13-14(16)3-5-18(17)19(20)8-11-21(20,24)9-2-12-22/h4,10,18-20,24-25H,5-9,11-15H2,1-3H3;2,9,13,16-19,22,24H,3-8,10-12H2,1H3/b10-4-;9-2-/t18?,19?,20?,21-,22-;16-,17?,18?,19?,20-,21-/m00/s1. The highest BCUT2D eigenvalue weighted by Gasteiger charge is 2.62. The first kappa shape index (κ1) is 37.7. The van der Waals surface area contributed by atoms with Gasteiger partial charge < -0.3 is 29.9 Å². The minimum absolute atomic E-state index is 0.000627. The third-order valence-electron chi connectivity index (χ3n) is 16.8. The summed E-state index contributed by atoms with van der Waals surface area (Å²) >= 11 is 0. The average Bonchev–Trinajstić information content (AvgIpc) is 3.57. The highest BCUT2D eigenvalue weighted by Crippen LogP contribution is 2.66. The number of aliphatic hydroxyl groups is 4. The number of carbonyl (C=O) groups is 1. The number of rotatable bonds is 6. The van der Waals surface area contributed by atoms with E-state index in [9.17, 15) is 20.1 Å². The van der Waals surface area contributed by atoms with Gasteiger partial charge in [0.25, 0.3) is 0 Å². The van der Waals surface area contributed by atoms with Gasteiger partial charge in [0.15, 0.2) is 11.6 Å². The maximum atomic E-state index is 11.8. The van der Waals surface area contributed by atoms with Crippen LogP contribution in [0.4, 0.5) is 0 Å². The molecule has 5 saturated carbocycles. The van der Waals surface area contributed by atoms with Crippen molar-refractivity contribution in [3.05, 3.63) is 47.1 Å². The van der Waals surface area contributed by atoms with Crippen LogP contribution in [0.3, 0.4) is 0 Å². The van der Waals surface area contributed by atoms with Crippen LogP contribution < -0.4 is 0 Å². The van der Waals surface area contributed by atoms with Crippen molar-refractivity contribution in [1.82, 2.24) is 0 Å². The molecule has 0 heterocycles. The Hall–Kier alpha value is -1.61. The Labute approximate surface area is 306 Å². The summed E-state index contributed by atoms with van der Waals surface area (Å²) in [6.45, 7) is 4.58. The molecule has 0 aliphatic heterocycles. The number of ketones is 1. The van der Waals surface area contributed by atoms with Crippen molar-refractivity contribution in [2.45, 2.75) is 140 Å². The molecule has 51 heavy (non-hydrogen) atoms. The molecule has 0 aromatic rings. The molecule has 6 unspecified atom stereocenters. The van der Waals surface area contributed by atoms with Gasteiger partial charge in [-0.15, -0.1) is 0 Å². The predicted molar refractivity (Wildman–Crippen MR) is 198 cm³/mol. The molecule has 0 bridgehead atoms. The SMILES string of the molecule is COC1(OC)CCC2=C(CCC3C2CC[C@@]2(C)C3CC[C@@]2(O)/C=C\CO)C1.C[C@]12CCC3C(CCC4=CC(=O)CC[C@@H]43)C1CC[C@@]2(O)/C=C\CO. The molecule has 284 valence electrons. The Kier molecular flexibility index (Phi) is 10.5. The van der Waals surface area contributed by atoms with Gasteiger partial charge in [-0.2, -0.15) is 0 Å². The third-order valence-corrected chi connectivity index (χ3v) is 16.8. The van der Waals surface area contributed by atoms with E-state index in [1.54, 1.807) is 37.5 Å². The fourth-order valence-electron chi connectivity index (χ4n) is 13.9. The Morgan fingerprint density at radius 1 is 0.686 bits per heavy atom. The van der Waals surface area contributed by atoms with Crippen LogP contribution in [0.1, 0.15) is 123 Å². The maximum absolute atomic E-state index is 11.8. The van der Waals surface area contributed by atoms with Gasteiger partial charge in [0.1, 0.15) is 0 Å². The van der Waals surface area contributed by atoms with Crippen LogP contribution in [-0.2, 0) is 14.3 Å². The number of fused-ring (bicyclic) bond motifs is 9. The average molecular weight is 707 g/mol. The van der Waals surface area contributed by atoms with E-state index in [2.05, 4.69) is 13.8 Å². The fraction of sp³-hybridized carbons (Fsp3) is 0.795. The van der Waals surface area contributed by atoms with Crippen LogP contribution in [0.5, 0.6) is 0 Å². The molecule has 0 aromatic carbocycles. The van der Waals surface area contributed by atoms with Crippen LogP contribution in [-0.4, -0.2) is 70.6 Å². The lowest BCUT2D eigenvalue weighted by Gasteiger charge is -2.55. The monoisotopic (exact) mass is 706 g/mol. The van der Waals surface area contributed by atoms with E-state index in [0.717, 1.165) is 83.5 Å². The summed E-state index contributed by atoms with van der Waals surface area (Å²) < 4.78 is 11.5. The van der Waals surface area contributed by atoms with E-state index in [4.69, 9.17) is 14.6 Å². The molecule has 11 atom stereocenters. The Morgan fingerprint density at radius 3 is 1.92 bits per heavy atom. The van der Waals surface area contributed by atoms with Gasteiger partial charge in [-0.05, 0) is 137 Å². The number of hydrogen-bond donors (Lipinski definition) is 4. The quantitative estimate of drug-likeness (QED) is 0.168. The summed E-state index contributed by atoms with van der Waals surface area (Å²) in [6.07, 6.45) is 26.9. The van der Waals surface area contributed by atoms with Gasteiger partial charge in [0, 0.05) is 44.3 Å². The second kappa shape index (κ2) is 14.2. The zero-order chi connectivity index (χ0) is 36.2. The normalized spacial score (nSPS) is 45.6. The first-order valence-electron chi connectivity index (χ1n) is 20.5. The fourth-order valence-corrected chi connectivity index (χ4v) is 13.9. The molecular weight excluding hydrogens is 640 g/mol. The van der Waals surface area contributed by atoms with Crippen molar-refractivity contribution in [2.24, 2.45) is 52.3 Å². The van der Waals surface area contributed by atoms with Gasteiger partial charge >= 0.3 is 0 Å². The second-order valence-corrected chi connectivity index (χ2v) is 18.4. The zero-order valence-corrected chi connectivity index (χ0v) is 31.9. The molecule has 5 fully saturated rings. The lowest BCUT2D eigenvalue weighted by Crippen LogP contribution is -2.52. The molecule has 0 radical (unpaired) electrons. The highest BCUT2D eigenvalue weighted by molar-refractivity contribution is 5.91. The number of carbonyl (C=O) groups excluding carboxylic acids is 1. The van der Waals surface area contributed by atoms with Gasteiger partial charge in [-0.3, -0.25) is 4.79 Å². The molecule has 4 N–H and O–H groups in total. The number of hydrogen-bond acceptors (Lipinski definition) is 7. The summed E-state index contributed by atoms with van der Waals surface area (Å²) in [7, 11) is 3.54. The molecule has 8 aliphatic carbocycles. The lowest BCUT2D eigenvalue weighted by molar-refractivity contribution is -0.213. The van der Waals surface area contributed by atoms with E-state index in [1.807, 2.05) is 18.2 Å². The Bertz CT molecular complexity index is 1440. The lowest BCUT2D eigenvalue weighted by atomic mass is 9.50. The van der Waals surface area contributed by atoms with E-state index in [-0.39, 0.29) is 24.0 Å². The summed E-state index contributed by atoms with van der Waals surface area (Å²) in [6, 6.07) is 0. The van der Waals surface area contributed by atoms with Crippen molar-refractivity contribution in [3.8, 4) is 0 Å². The van der Waals surface area contributed by atoms with Crippen molar-refractivity contribution < 1.29 is 34.7 Å². The molecule has 8 aliphatic rings. The summed E-state index contributed by atoms with van der Waals surface area (Å²) in [4.78, 5) is 11.8. The molecular formula is C44H66O7. The molecule has 7 heteroatoms. The van der Waals surface area contributed by atoms with Crippen molar-refractivity contribution in [3.63, 3.8) is 0 Å². The van der Waals surface area contributed by atoms with Crippen LogP contribution in [0, 0.1) is 52.3 Å². The Balaban J connectivity index is 0.000000160. The molecule has 8 rings (SSSR count). The molecule has 0 aromatic heterocycles. The van der Waals surface area contributed by atoms with Crippen LogP contribution in [0.2, 0.25) is 0 Å². The molecule has 0 saturated heterocycles. The second-order valence-electron chi connectivity index (χ2n) is 18.4. The smallest absolute Gasteiger partial charge is 0.171 e. The summed E-state index contributed by atoms with van der Waals surface area (Å²) in [5.41, 5.74) is 3.06. The van der Waals surface area contributed by atoms with Gasteiger partial charge in [-0.25, -0.2) is 0 Å². The first-order valence-corrected chi connectivity index (χ1v) is 20.5. The first-order chi connectivity index (χ1) is 24.4. The van der Waals surface area contributed by atoms with Crippen molar-refractivity contribution >= 4 is 5.78 Å². The third kappa shape index (κ3) is 6.13. The number of methoxy groups -OCH3 is 2. The van der Waals surface area contributed by atoms with Crippen LogP contribution in [0.25, 0.3) is 0 Å². The maximum Gasteiger partial charge on any atom is 0.171 e. The molecule has 0 spiro atoms. The predicted octanol–water partition coefficient (Wildman–Crippen LogP) is 7.38. The minimum atomic E-state index is -0.760. The number of aliphatic hydroxyl groups excluding tert-OH is 2. The molecule has 0 amide bonds. The number of ether oxygens (including phenoxy) is 2. The van der Waals surface area contributed by atoms with Gasteiger partial charge in [0.2, 0.25) is 0 Å². The number of allylic oxidation sites excluding steroid dienone is 2. The summed E-state index contributed by atoms with van der Waals surface area (Å²) in [5, 5.41) is 41.0. The topological polar surface area (TPSA) is 116 Å². The molecule has 7 nitrogen and oxygen atoms in total. The van der Waals surface area contributed by atoms with E-state index in [0.29, 0.717) is 47.2 Å². The van der Waals surface area contributed by atoms with E-state index in [1.165, 1.54) is 31.3 Å². The van der Waals surface area contributed by atoms with Crippen LogP contribution in [0.15, 0.2) is 47.1 Å². The highest BCUT2D eigenvalue weighted by atomic mass is 16.7. The van der Waals surface area contributed by atoms with E-state index >= 15 is 0 Å². The van der Waals surface area contributed by atoms with E-state index < -0.39 is 17.0 Å². The zero-order valence-electron chi connectivity index (χ0n) is 31.9. The van der Waals surface area contributed by atoms with Crippen molar-refractivity contribution in [2.75, 3.05) is 27.4 Å². The Morgan fingerprint density at radius 2 is 1.29 bits per heavy atom. The van der Waals surface area contributed by atoms with Gasteiger partial charge in [-0.1, -0.05) is 54.9 Å². The van der Waals surface area contributed by atoms with Gasteiger partial charge in [0.05, 0.1) is 24.4 Å².